The molecule has 1 aliphatic rings. The van der Waals surface area contributed by atoms with E-state index in [1.165, 1.54) is 5.69 Å². The Hall–Kier alpha value is -1.58. The number of nitrogens with zero attached hydrogens (tertiary/aromatic N) is 2. The van der Waals surface area contributed by atoms with Crippen LogP contribution in [0, 0.1) is 24.7 Å². The molecule has 0 amide bonds. The third-order valence-corrected chi connectivity index (χ3v) is 3.95. The van der Waals surface area contributed by atoms with Crippen molar-refractivity contribution in [2.24, 2.45) is 11.1 Å². The molecule has 1 saturated heterocycles. The Labute approximate surface area is 109 Å². The highest BCUT2D eigenvalue weighted by Crippen LogP contribution is 2.32. The van der Waals surface area contributed by atoms with Crippen molar-refractivity contribution in [3.05, 3.63) is 23.5 Å². The number of rotatable bonds is 2. The summed E-state index contributed by atoms with van der Waals surface area (Å²) < 4.78 is 0. The van der Waals surface area contributed by atoms with E-state index in [4.69, 9.17) is 11.1 Å². The minimum Gasteiger partial charge on any atom is -0.387 e. The van der Waals surface area contributed by atoms with Crippen LogP contribution in [0.4, 0.5) is 5.69 Å². The summed E-state index contributed by atoms with van der Waals surface area (Å²) in [5.74, 6) is 0.323. The molecule has 0 saturated carbocycles. The van der Waals surface area contributed by atoms with E-state index >= 15 is 0 Å². The smallest absolute Gasteiger partial charge is 0.0967 e. The standard InChI is InChI=1S/C14H22N4/c1-10-8-12(9-11(2)17-10)18-6-4-14(3,5-7-18)13(15)16/h8-9H,4-7H2,1-3H3,(H3,15,16). The summed E-state index contributed by atoms with van der Waals surface area (Å²) in [7, 11) is 0. The highest BCUT2D eigenvalue weighted by molar-refractivity contribution is 5.83. The van der Waals surface area contributed by atoms with Crippen LogP contribution < -0.4 is 10.6 Å². The lowest BCUT2D eigenvalue weighted by Gasteiger charge is -2.39. The van der Waals surface area contributed by atoms with Gasteiger partial charge in [0.1, 0.15) is 0 Å². The molecule has 4 nitrogen and oxygen atoms in total. The summed E-state index contributed by atoms with van der Waals surface area (Å²) in [5.41, 5.74) is 8.93. The SMILES string of the molecule is Cc1cc(N2CCC(C)(C(=N)N)CC2)cc(C)n1. The predicted octanol–water partition coefficient (Wildman–Crippen LogP) is 2.24. The van der Waals surface area contributed by atoms with Gasteiger partial charge in [0.05, 0.1) is 5.84 Å². The van der Waals surface area contributed by atoms with Gasteiger partial charge in [0, 0.05) is 35.6 Å². The highest BCUT2D eigenvalue weighted by atomic mass is 15.1. The largest absolute Gasteiger partial charge is 0.387 e. The minimum absolute atomic E-state index is 0.117. The summed E-state index contributed by atoms with van der Waals surface area (Å²) in [6, 6.07) is 4.26. The van der Waals surface area contributed by atoms with Gasteiger partial charge in [-0.25, -0.2) is 0 Å². The molecular formula is C14H22N4. The average molecular weight is 246 g/mol. The highest BCUT2D eigenvalue weighted by Gasteiger charge is 2.32. The van der Waals surface area contributed by atoms with Crippen LogP contribution in [-0.2, 0) is 0 Å². The molecule has 18 heavy (non-hydrogen) atoms. The number of hydrogen-bond donors (Lipinski definition) is 2. The van der Waals surface area contributed by atoms with E-state index in [2.05, 4.69) is 28.9 Å². The van der Waals surface area contributed by atoms with Crippen molar-refractivity contribution in [2.75, 3.05) is 18.0 Å². The predicted molar refractivity (Wildman–Crippen MR) is 75.2 cm³/mol. The van der Waals surface area contributed by atoms with Gasteiger partial charge in [-0.2, -0.15) is 0 Å². The van der Waals surface area contributed by atoms with Crippen molar-refractivity contribution in [1.29, 1.82) is 5.41 Å². The summed E-state index contributed by atoms with van der Waals surface area (Å²) in [4.78, 5) is 6.77. The molecule has 0 atom stereocenters. The maximum atomic E-state index is 7.67. The fourth-order valence-electron chi connectivity index (χ4n) is 2.52. The Morgan fingerprint density at radius 2 is 1.78 bits per heavy atom. The van der Waals surface area contributed by atoms with Crippen LogP contribution in [0.25, 0.3) is 0 Å². The second-order valence-electron chi connectivity index (χ2n) is 5.57. The second kappa shape index (κ2) is 4.59. The number of nitrogens with one attached hydrogen (secondary N) is 1. The van der Waals surface area contributed by atoms with Crippen LogP contribution in [0.3, 0.4) is 0 Å². The number of aromatic nitrogens is 1. The number of aryl methyl sites for hydroxylation is 2. The van der Waals surface area contributed by atoms with Crippen LogP contribution in [0.2, 0.25) is 0 Å². The lowest BCUT2D eigenvalue weighted by atomic mass is 9.79. The number of pyridine rings is 1. The van der Waals surface area contributed by atoms with E-state index in [1.807, 2.05) is 13.8 Å². The van der Waals surface area contributed by atoms with Crippen molar-refractivity contribution in [3.63, 3.8) is 0 Å². The molecule has 2 rings (SSSR count). The molecule has 3 N–H and O–H groups in total. The van der Waals surface area contributed by atoms with Crippen molar-refractivity contribution in [1.82, 2.24) is 4.98 Å². The fraction of sp³-hybridized carbons (Fsp3) is 0.571. The zero-order valence-corrected chi connectivity index (χ0v) is 11.5. The van der Waals surface area contributed by atoms with Crippen molar-refractivity contribution >= 4 is 11.5 Å². The first kappa shape index (κ1) is 12.9. The van der Waals surface area contributed by atoms with Crippen LogP contribution in [0.1, 0.15) is 31.2 Å². The van der Waals surface area contributed by atoms with Crippen LogP contribution >= 0.6 is 0 Å². The number of nitrogens with two attached hydrogens (primary N) is 1. The van der Waals surface area contributed by atoms with Crippen LogP contribution in [0.15, 0.2) is 12.1 Å². The summed E-state index contributed by atoms with van der Waals surface area (Å²) >= 11 is 0. The van der Waals surface area contributed by atoms with E-state index < -0.39 is 0 Å². The number of anilines is 1. The molecule has 98 valence electrons. The van der Waals surface area contributed by atoms with Gasteiger partial charge < -0.3 is 10.6 Å². The molecular weight excluding hydrogens is 224 g/mol. The lowest BCUT2D eigenvalue weighted by Crippen LogP contribution is -2.45. The molecule has 0 unspecified atom stereocenters. The lowest BCUT2D eigenvalue weighted by molar-refractivity contribution is 0.351. The normalized spacial score (nSPS) is 18.7. The third-order valence-electron chi connectivity index (χ3n) is 3.95. The van der Waals surface area contributed by atoms with Crippen molar-refractivity contribution < 1.29 is 0 Å². The second-order valence-corrected chi connectivity index (χ2v) is 5.57. The number of amidine groups is 1. The van der Waals surface area contributed by atoms with E-state index in [1.54, 1.807) is 0 Å². The molecule has 0 aliphatic carbocycles. The maximum absolute atomic E-state index is 7.67. The monoisotopic (exact) mass is 246 g/mol. The zero-order valence-electron chi connectivity index (χ0n) is 11.5. The quantitative estimate of drug-likeness (QED) is 0.621. The van der Waals surface area contributed by atoms with Gasteiger partial charge in [0.2, 0.25) is 0 Å². The molecule has 0 radical (unpaired) electrons. The van der Waals surface area contributed by atoms with Crippen LogP contribution in [-0.4, -0.2) is 23.9 Å². The Morgan fingerprint density at radius 1 is 1.28 bits per heavy atom. The molecule has 1 aromatic rings. The first-order valence-corrected chi connectivity index (χ1v) is 6.45. The summed E-state index contributed by atoms with van der Waals surface area (Å²) in [6.45, 7) is 8.06. The van der Waals surface area contributed by atoms with E-state index in [0.29, 0.717) is 5.84 Å². The van der Waals surface area contributed by atoms with Gasteiger partial charge in [-0.1, -0.05) is 6.92 Å². The molecule has 0 bridgehead atoms. The van der Waals surface area contributed by atoms with Crippen molar-refractivity contribution in [3.8, 4) is 0 Å². The van der Waals surface area contributed by atoms with E-state index in [0.717, 1.165) is 37.3 Å². The molecule has 0 aromatic carbocycles. The molecule has 1 aliphatic heterocycles. The number of piperidine rings is 1. The Morgan fingerprint density at radius 3 is 2.22 bits per heavy atom. The molecule has 1 fully saturated rings. The minimum atomic E-state index is -0.117. The molecule has 4 heteroatoms. The Bertz CT molecular complexity index is 439. The van der Waals surface area contributed by atoms with Gasteiger partial charge >= 0.3 is 0 Å². The first-order valence-electron chi connectivity index (χ1n) is 6.45. The van der Waals surface area contributed by atoms with E-state index in [-0.39, 0.29) is 5.41 Å². The molecule has 2 heterocycles. The summed E-state index contributed by atoms with van der Waals surface area (Å²) in [5, 5.41) is 7.67. The first-order chi connectivity index (χ1) is 8.40. The summed E-state index contributed by atoms with van der Waals surface area (Å²) in [6.07, 6.45) is 1.89. The van der Waals surface area contributed by atoms with E-state index in [9.17, 15) is 0 Å². The van der Waals surface area contributed by atoms with Crippen molar-refractivity contribution in [2.45, 2.75) is 33.6 Å². The van der Waals surface area contributed by atoms with Crippen LogP contribution in [0.5, 0.6) is 0 Å². The van der Waals surface area contributed by atoms with Gasteiger partial charge in [-0.3, -0.25) is 10.4 Å². The van der Waals surface area contributed by atoms with Gasteiger partial charge in [-0.15, -0.1) is 0 Å². The average Bonchev–Trinajstić information content (AvgIpc) is 2.28. The van der Waals surface area contributed by atoms with Gasteiger partial charge in [0.15, 0.2) is 0 Å². The van der Waals surface area contributed by atoms with Gasteiger partial charge in [0.25, 0.3) is 0 Å². The Balaban J connectivity index is 2.12. The molecule has 1 aromatic heterocycles. The number of hydrogen-bond acceptors (Lipinski definition) is 3. The third kappa shape index (κ3) is 2.47. The maximum Gasteiger partial charge on any atom is 0.0967 e. The molecule has 0 spiro atoms. The van der Waals surface area contributed by atoms with Gasteiger partial charge in [-0.05, 0) is 38.8 Å². The fourth-order valence-corrected chi connectivity index (χ4v) is 2.52. The topological polar surface area (TPSA) is 66.0 Å². The Kier molecular flexibility index (Phi) is 3.28. The zero-order chi connectivity index (χ0) is 13.3.